The number of alkyl halides is 3. The number of anilines is 1. The Morgan fingerprint density at radius 2 is 1.74 bits per heavy atom. The molecule has 2 aromatic carbocycles. The van der Waals surface area contributed by atoms with Gasteiger partial charge in [-0.05, 0) is 23.8 Å². The number of amides is 1. The molecule has 0 aliphatic heterocycles. The predicted molar refractivity (Wildman–Crippen MR) is 123 cm³/mol. The number of hydrogen-bond acceptors (Lipinski definition) is 5. The number of carbonyl (C=O) groups is 2. The van der Waals surface area contributed by atoms with Crippen LogP contribution in [0.4, 0.5) is 18.9 Å². The Bertz CT molecular complexity index is 1240. The smallest absolute Gasteiger partial charge is 0.416 e. The van der Waals surface area contributed by atoms with Crippen molar-refractivity contribution >= 4 is 58.6 Å². The molecular formula is C22H13Cl3F3N3O3. The number of ether oxygens (including phenoxy) is 1. The van der Waals surface area contributed by atoms with Crippen LogP contribution in [-0.4, -0.2) is 29.7 Å². The van der Waals surface area contributed by atoms with E-state index in [4.69, 9.17) is 39.5 Å². The fourth-order valence-corrected chi connectivity index (χ4v) is 3.15. The number of benzene rings is 2. The molecule has 6 nitrogen and oxygen atoms in total. The Balaban J connectivity index is 1.86. The minimum Gasteiger partial charge on any atom is -0.451 e. The summed E-state index contributed by atoms with van der Waals surface area (Å²) in [6, 6.07) is 12.5. The van der Waals surface area contributed by atoms with Gasteiger partial charge in [-0.3, -0.25) is 4.79 Å². The highest BCUT2D eigenvalue weighted by Gasteiger charge is 2.31. The highest BCUT2D eigenvalue weighted by Crippen LogP contribution is 2.33. The standard InChI is InChI=1S/C22H13Cl3F3N3O3/c23-16-11-29-20(19(25)18(16)24)21(33)34-12-17(32)31(30-10-13-5-2-1-3-6-13)15-8-4-7-14(9-15)22(26,27)28/h1-11H,12H2. The van der Waals surface area contributed by atoms with Gasteiger partial charge in [0.2, 0.25) is 0 Å². The summed E-state index contributed by atoms with van der Waals surface area (Å²) in [6.07, 6.45) is -2.29. The lowest BCUT2D eigenvalue weighted by molar-refractivity contribution is -0.137. The van der Waals surface area contributed by atoms with Crippen molar-refractivity contribution in [3.8, 4) is 0 Å². The largest absolute Gasteiger partial charge is 0.451 e. The van der Waals surface area contributed by atoms with E-state index in [9.17, 15) is 22.8 Å². The van der Waals surface area contributed by atoms with Crippen LogP contribution in [0.1, 0.15) is 21.6 Å². The van der Waals surface area contributed by atoms with Gasteiger partial charge >= 0.3 is 12.1 Å². The lowest BCUT2D eigenvalue weighted by Crippen LogP contribution is -2.31. The summed E-state index contributed by atoms with van der Waals surface area (Å²) in [7, 11) is 0. The minimum absolute atomic E-state index is 0.00487. The second-order valence-electron chi connectivity index (χ2n) is 6.57. The van der Waals surface area contributed by atoms with Crippen LogP contribution < -0.4 is 5.01 Å². The molecule has 3 aromatic rings. The Kier molecular flexibility index (Phi) is 8.14. The van der Waals surface area contributed by atoms with Crippen LogP contribution in [0.5, 0.6) is 0 Å². The van der Waals surface area contributed by atoms with E-state index in [-0.39, 0.29) is 26.4 Å². The van der Waals surface area contributed by atoms with Crippen molar-refractivity contribution in [3.63, 3.8) is 0 Å². The van der Waals surface area contributed by atoms with E-state index in [1.54, 1.807) is 30.3 Å². The van der Waals surface area contributed by atoms with E-state index in [1.165, 1.54) is 12.3 Å². The normalized spacial score (nSPS) is 11.5. The number of hydrogen-bond donors (Lipinski definition) is 0. The lowest BCUT2D eigenvalue weighted by Gasteiger charge is -2.18. The summed E-state index contributed by atoms with van der Waals surface area (Å²) in [4.78, 5) is 28.9. The van der Waals surface area contributed by atoms with Crippen molar-refractivity contribution in [1.82, 2.24) is 4.98 Å². The highest BCUT2D eigenvalue weighted by atomic mass is 35.5. The second-order valence-corrected chi connectivity index (χ2v) is 7.73. The molecule has 34 heavy (non-hydrogen) atoms. The van der Waals surface area contributed by atoms with Crippen LogP contribution in [-0.2, 0) is 15.7 Å². The summed E-state index contributed by atoms with van der Waals surface area (Å²) in [6.45, 7) is -0.876. The fraction of sp³-hybridized carbons (Fsp3) is 0.0909. The maximum Gasteiger partial charge on any atom is 0.416 e. The van der Waals surface area contributed by atoms with Crippen LogP contribution in [0, 0.1) is 0 Å². The van der Waals surface area contributed by atoms with Gasteiger partial charge in [0.15, 0.2) is 12.3 Å². The van der Waals surface area contributed by atoms with E-state index in [1.807, 2.05) is 0 Å². The molecule has 12 heteroatoms. The summed E-state index contributed by atoms with van der Waals surface area (Å²) >= 11 is 17.6. The first-order valence-corrected chi connectivity index (χ1v) is 10.5. The lowest BCUT2D eigenvalue weighted by atomic mass is 10.2. The molecule has 0 saturated carbocycles. The van der Waals surface area contributed by atoms with Crippen molar-refractivity contribution in [1.29, 1.82) is 0 Å². The van der Waals surface area contributed by atoms with Gasteiger partial charge in [0, 0.05) is 6.20 Å². The summed E-state index contributed by atoms with van der Waals surface area (Å²) in [5, 5.41) is 4.30. The highest BCUT2D eigenvalue weighted by molar-refractivity contribution is 6.48. The molecule has 0 aliphatic rings. The van der Waals surface area contributed by atoms with Gasteiger partial charge in [-0.1, -0.05) is 71.2 Å². The zero-order valence-corrected chi connectivity index (χ0v) is 19.2. The minimum atomic E-state index is -4.64. The number of nitrogens with zero attached hydrogens (tertiary/aromatic N) is 3. The number of esters is 1. The topological polar surface area (TPSA) is 71.9 Å². The first-order valence-electron chi connectivity index (χ1n) is 9.34. The molecule has 0 fully saturated rings. The van der Waals surface area contributed by atoms with Gasteiger partial charge in [0.05, 0.1) is 32.5 Å². The average Bonchev–Trinajstić information content (AvgIpc) is 2.81. The predicted octanol–water partition coefficient (Wildman–Crippen LogP) is 6.28. The first kappa shape index (κ1) is 25.5. The van der Waals surface area contributed by atoms with Crippen LogP contribution >= 0.6 is 34.8 Å². The molecule has 1 aromatic heterocycles. The van der Waals surface area contributed by atoms with E-state index in [0.29, 0.717) is 10.6 Å². The van der Waals surface area contributed by atoms with Gasteiger partial charge in [0.25, 0.3) is 5.91 Å². The van der Waals surface area contributed by atoms with Crippen LogP contribution in [0.2, 0.25) is 15.1 Å². The number of rotatable bonds is 6. The molecule has 0 unspecified atom stereocenters. The third kappa shape index (κ3) is 6.25. The number of aromatic nitrogens is 1. The fourth-order valence-electron chi connectivity index (χ4n) is 2.60. The molecule has 3 rings (SSSR count). The van der Waals surface area contributed by atoms with Crippen molar-refractivity contribution < 1.29 is 27.5 Å². The SMILES string of the molecule is O=C(OCC(=O)N(N=Cc1ccccc1)c1cccc(C(F)(F)F)c1)c1ncc(Cl)c(Cl)c1Cl. The molecule has 0 saturated heterocycles. The monoisotopic (exact) mass is 529 g/mol. The van der Waals surface area contributed by atoms with Gasteiger partial charge in [-0.2, -0.15) is 23.3 Å². The maximum atomic E-state index is 13.2. The van der Waals surface area contributed by atoms with E-state index < -0.39 is 30.2 Å². The Labute approximate surface area is 206 Å². The molecule has 0 spiro atoms. The van der Waals surface area contributed by atoms with Crippen LogP contribution in [0.3, 0.4) is 0 Å². The zero-order chi connectivity index (χ0) is 24.9. The van der Waals surface area contributed by atoms with Gasteiger partial charge < -0.3 is 4.74 Å². The number of hydrazone groups is 1. The summed E-state index contributed by atoms with van der Waals surface area (Å²) < 4.78 is 44.5. The van der Waals surface area contributed by atoms with Crippen molar-refractivity contribution in [2.75, 3.05) is 11.6 Å². The molecular weight excluding hydrogens is 518 g/mol. The Morgan fingerprint density at radius 3 is 2.41 bits per heavy atom. The summed E-state index contributed by atoms with van der Waals surface area (Å²) in [5.41, 5.74) is -0.978. The molecule has 1 heterocycles. The molecule has 0 aliphatic carbocycles. The molecule has 1 amide bonds. The van der Waals surface area contributed by atoms with Crippen molar-refractivity contribution in [2.24, 2.45) is 5.10 Å². The molecule has 0 N–H and O–H groups in total. The molecule has 0 atom stereocenters. The number of pyridine rings is 1. The van der Waals surface area contributed by atoms with Gasteiger partial charge in [-0.25, -0.2) is 9.78 Å². The third-order valence-corrected chi connectivity index (χ3v) is 5.45. The van der Waals surface area contributed by atoms with Gasteiger partial charge in [-0.15, -0.1) is 0 Å². The van der Waals surface area contributed by atoms with E-state index in [2.05, 4.69) is 10.1 Å². The average molecular weight is 531 g/mol. The van der Waals surface area contributed by atoms with Crippen LogP contribution in [0.15, 0.2) is 65.9 Å². The van der Waals surface area contributed by atoms with Crippen molar-refractivity contribution in [2.45, 2.75) is 6.18 Å². The van der Waals surface area contributed by atoms with E-state index in [0.717, 1.165) is 24.4 Å². The van der Waals surface area contributed by atoms with Gasteiger partial charge in [0.1, 0.15) is 0 Å². The van der Waals surface area contributed by atoms with Crippen LogP contribution in [0.25, 0.3) is 0 Å². The Hall–Kier alpha value is -3.14. The second kappa shape index (κ2) is 10.9. The third-order valence-electron chi connectivity index (χ3n) is 4.21. The quantitative estimate of drug-likeness (QED) is 0.213. The number of carbonyl (C=O) groups excluding carboxylic acids is 2. The van der Waals surface area contributed by atoms with Crippen molar-refractivity contribution in [3.05, 3.63) is 92.7 Å². The summed E-state index contributed by atoms with van der Waals surface area (Å²) in [5.74, 6) is -2.02. The zero-order valence-electron chi connectivity index (χ0n) is 16.9. The molecule has 0 bridgehead atoms. The molecule has 0 radical (unpaired) electrons. The van der Waals surface area contributed by atoms with E-state index >= 15 is 0 Å². The first-order chi connectivity index (χ1) is 16.1. The Morgan fingerprint density at radius 1 is 1.03 bits per heavy atom. The number of halogens is 6. The molecule has 176 valence electrons. The maximum absolute atomic E-state index is 13.2.